The van der Waals surface area contributed by atoms with E-state index in [1.807, 2.05) is 18.7 Å². The van der Waals surface area contributed by atoms with Crippen molar-refractivity contribution in [3.05, 3.63) is 22.8 Å². The molecule has 0 saturated heterocycles. The van der Waals surface area contributed by atoms with E-state index in [0.29, 0.717) is 5.82 Å². The van der Waals surface area contributed by atoms with Crippen molar-refractivity contribution in [1.29, 1.82) is 0 Å². The predicted octanol–water partition coefficient (Wildman–Crippen LogP) is 1.82. The summed E-state index contributed by atoms with van der Waals surface area (Å²) in [6.45, 7) is 3.50. The van der Waals surface area contributed by atoms with Crippen LogP contribution in [0.25, 0.3) is 0 Å². The van der Waals surface area contributed by atoms with Crippen LogP contribution in [-0.2, 0) is 12.8 Å². The largest absolute Gasteiger partial charge is 0.291 e. The lowest BCUT2D eigenvalue weighted by molar-refractivity contribution is 0.100. The topological polar surface area (TPSA) is 42.9 Å². The first-order chi connectivity index (χ1) is 7.18. The van der Waals surface area contributed by atoms with Gasteiger partial charge in [0.15, 0.2) is 11.6 Å². The zero-order chi connectivity index (χ0) is 10.8. The maximum absolute atomic E-state index is 11.2. The van der Waals surface area contributed by atoms with Crippen LogP contribution < -0.4 is 0 Å². The first-order valence-electron chi connectivity index (χ1n) is 5.13. The second kappa shape index (κ2) is 4.31. The average molecular weight is 222 g/mol. The molecule has 0 amide bonds. The number of hydrogen-bond donors (Lipinski definition) is 0. The summed E-state index contributed by atoms with van der Waals surface area (Å²) in [5.74, 6) is 2.56. The molecule has 15 heavy (non-hydrogen) atoms. The number of aromatic nitrogens is 2. The lowest BCUT2D eigenvalue weighted by Crippen LogP contribution is -2.10. The summed E-state index contributed by atoms with van der Waals surface area (Å²) in [4.78, 5) is 19.9. The molecule has 3 nitrogen and oxygen atoms in total. The molecule has 2 rings (SSSR count). The SMILES string of the molecule is CC(=O)c1nc(C)c2c(n1)CCSCC2. The van der Waals surface area contributed by atoms with Crippen LogP contribution in [0, 0.1) is 6.92 Å². The lowest BCUT2D eigenvalue weighted by atomic mass is 10.1. The van der Waals surface area contributed by atoms with Gasteiger partial charge in [0.05, 0.1) is 0 Å². The molecule has 1 aliphatic heterocycles. The maximum atomic E-state index is 11.2. The molecule has 0 bridgehead atoms. The lowest BCUT2D eigenvalue weighted by Gasteiger charge is -2.08. The van der Waals surface area contributed by atoms with Crippen LogP contribution >= 0.6 is 11.8 Å². The second-order valence-electron chi connectivity index (χ2n) is 3.73. The summed E-state index contributed by atoms with van der Waals surface area (Å²) in [6.07, 6.45) is 1.99. The number of ketones is 1. The molecule has 0 radical (unpaired) electrons. The number of nitrogens with zero attached hydrogens (tertiary/aromatic N) is 2. The number of hydrogen-bond acceptors (Lipinski definition) is 4. The Balaban J connectivity index is 2.48. The minimum atomic E-state index is -0.0437. The summed E-state index contributed by atoms with van der Waals surface area (Å²) in [6, 6.07) is 0. The zero-order valence-electron chi connectivity index (χ0n) is 9.04. The van der Waals surface area contributed by atoms with Crippen LogP contribution in [-0.4, -0.2) is 27.3 Å². The van der Waals surface area contributed by atoms with Gasteiger partial charge in [-0.05, 0) is 36.8 Å². The average Bonchev–Trinajstić information content (AvgIpc) is 2.42. The first-order valence-corrected chi connectivity index (χ1v) is 6.29. The monoisotopic (exact) mass is 222 g/mol. The van der Waals surface area contributed by atoms with Gasteiger partial charge in [-0.3, -0.25) is 4.79 Å². The van der Waals surface area contributed by atoms with Gasteiger partial charge < -0.3 is 0 Å². The van der Waals surface area contributed by atoms with Crippen molar-refractivity contribution in [2.75, 3.05) is 11.5 Å². The molecule has 1 aromatic heterocycles. The van der Waals surface area contributed by atoms with Crippen molar-refractivity contribution in [2.45, 2.75) is 26.7 Å². The normalized spacial score (nSPS) is 15.6. The molecule has 1 aliphatic rings. The van der Waals surface area contributed by atoms with Crippen molar-refractivity contribution in [1.82, 2.24) is 9.97 Å². The fraction of sp³-hybridized carbons (Fsp3) is 0.545. The van der Waals surface area contributed by atoms with Gasteiger partial charge in [0.25, 0.3) is 0 Å². The number of carbonyl (C=O) groups excluding carboxylic acids is 1. The standard InChI is InChI=1S/C11H14N2OS/c1-7-9-3-5-15-6-4-10(9)13-11(12-7)8(2)14/h3-6H2,1-2H3. The predicted molar refractivity (Wildman–Crippen MR) is 61.5 cm³/mol. The van der Waals surface area contributed by atoms with Crippen molar-refractivity contribution in [3.63, 3.8) is 0 Å². The number of Topliss-reactive ketones (excluding diaryl/α,β-unsaturated/α-hetero) is 1. The molecule has 0 unspecified atom stereocenters. The molecule has 0 atom stereocenters. The van der Waals surface area contributed by atoms with E-state index in [1.165, 1.54) is 12.5 Å². The summed E-state index contributed by atoms with van der Waals surface area (Å²) < 4.78 is 0. The van der Waals surface area contributed by atoms with Gasteiger partial charge in [-0.15, -0.1) is 0 Å². The highest BCUT2D eigenvalue weighted by Crippen LogP contribution is 2.20. The van der Waals surface area contributed by atoms with Crippen LogP contribution in [0.3, 0.4) is 0 Å². The molecule has 4 heteroatoms. The van der Waals surface area contributed by atoms with E-state index in [-0.39, 0.29) is 5.78 Å². The number of carbonyl (C=O) groups is 1. The van der Waals surface area contributed by atoms with Gasteiger partial charge in [-0.2, -0.15) is 11.8 Å². The van der Waals surface area contributed by atoms with E-state index in [9.17, 15) is 4.79 Å². The summed E-state index contributed by atoms with van der Waals surface area (Å²) in [5.41, 5.74) is 3.32. The van der Waals surface area contributed by atoms with E-state index >= 15 is 0 Å². The van der Waals surface area contributed by atoms with Crippen LogP contribution in [0.2, 0.25) is 0 Å². The van der Waals surface area contributed by atoms with Crippen LogP contribution in [0.15, 0.2) is 0 Å². The summed E-state index contributed by atoms with van der Waals surface area (Å²) in [5, 5.41) is 0. The minimum absolute atomic E-state index is 0.0437. The second-order valence-corrected chi connectivity index (χ2v) is 4.95. The van der Waals surface area contributed by atoms with E-state index < -0.39 is 0 Å². The van der Waals surface area contributed by atoms with Crippen molar-refractivity contribution >= 4 is 17.5 Å². The van der Waals surface area contributed by atoms with Gasteiger partial charge in [-0.1, -0.05) is 0 Å². The van der Waals surface area contributed by atoms with Gasteiger partial charge in [0.2, 0.25) is 0 Å². The minimum Gasteiger partial charge on any atom is -0.291 e. The van der Waals surface area contributed by atoms with Crippen LogP contribution in [0.4, 0.5) is 0 Å². The number of fused-ring (bicyclic) bond motifs is 1. The molecular formula is C11H14N2OS. The van der Waals surface area contributed by atoms with Crippen LogP contribution in [0.5, 0.6) is 0 Å². The first kappa shape index (κ1) is 10.6. The fourth-order valence-electron chi connectivity index (χ4n) is 1.79. The third kappa shape index (κ3) is 2.20. The van der Waals surface area contributed by atoms with Gasteiger partial charge >= 0.3 is 0 Å². The Labute approximate surface area is 93.7 Å². The maximum Gasteiger partial charge on any atom is 0.196 e. The van der Waals surface area contributed by atoms with Gasteiger partial charge in [0.1, 0.15) is 0 Å². The Hall–Kier alpha value is -0.900. The van der Waals surface area contributed by atoms with Gasteiger partial charge in [0, 0.05) is 18.3 Å². The van der Waals surface area contributed by atoms with Gasteiger partial charge in [-0.25, -0.2) is 9.97 Å². The molecule has 80 valence electrons. The molecule has 0 aromatic carbocycles. The molecular weight excluding hydrogens is 208 g/mol. The Kier molecular flexibility index (Phi) is 3.05. The molecule has 0 aliphatic carbocycles. The molecule has 0 spiro atoms. The Morgan fingerprint density at radius 2 is 2.00 bits per heavy atom. The molecule has 1 aromatic rings. The number of aryl methyl sites for hydroxylation is 2. The van der Waals surface area contributed by atoms with Crippen LogP contribution in [0.1, 0.15) is 34.5 Å². The Morgan fingerprint density at radius 1 is 1.27 bits per heavy atom. The molecule has 2 heterocycles. The van der Waals surface area contributed by atoms with Crippen molar-refractivity contribution in [3.8, 4) is 0 Å². The molecule has 0 saturated carbocycles. The quantitative estimate of drug-likeness (QED) is 0.680. The Bertz CT molecular complexity index is 404. The Morgan fingerprint density at radius 3 is 2.73 bits per heavy atom. The van der Waals surface area contributed by atoms with E-state index in [2.05, 4.69) is 9.97 Å². The van der Waals surface area contributed by atoms with E-state index in [0.717, 1.165) is 35.7 Å². The summed E-state index contributed by atoms with van der Waals surface area (Å²) >= 11 is 1.94. The number of thioether (sulfide) groups is 1. The fourth-order valence-corrected chi connectivity index (χ4v) is 2.68. The highest BCUT2D eigenvalue weighted by molar-refractivity contribution is 7.99. The van der Waals surface area contributed by atoms with E-state index in [1.54, 1.807) is 0 Å². The van der Waals surface area contributed by atoms with E-state index in [4.69, 9.17) is 0 Å². The molecule has 0 fully saturated rings. The number of rotatable bonds is 1. The zero-order valence-corrected chi connectivity index (χ0v) is 9.86. The summed E-state index contributed by atoms with van der Waals surface area (Å²) in [7, 11) is 0. The highest BCUT2D eigenvalue weighted by Gasteiger charge is 2.15. The molecule has 0 N–H and O–H groups in total. The van der Waals surface area contributed by atoms with Crippen molar-refractivity contribution < 1.29 is 4.79 Å². The highest BCUT2D eigenvalue weighted by atomic mass is 32.2. The van der Waals surface area contributed by atoms with Crippen molar-refractivity contribution in [2.24, 2.45) is 0 Å². The third-order valence-electron chi connectivity index (χ3n) is 2.59. The third-order valence-corrected chi connectivity index (χ3v) is 3.58. The smallest absolute Gasteiger partial charge is 0.196 e.